The van der Waals surface area contributed by atoms with Gasteiger partial charge in [-0.2, -0.15) is 14.6 Å². The molecule has 0 radical (unpaired) electrons. The average molecular weight is 626 g/mol. The first-order chi connectivity index (χ1) is 21.5. The van der Waals surface area contributed by atoms with Crippen LogP contribution >= 0.6 is 0 Å². The van der Waals surface area contributed by atoms with Crippen LogP contribution in [0, 0.1) is 31.6 Å². The molecule has 0 spiro atoms. The van der Waals surface area contributed by atoms with E-state index in [2.05, 4.69) is 20.2 Å². The Morgan fingerprint density at radius 3 is 1.78 bits per heavy atom. The van der Waals surface area contributed by atoms with Gasteiger partial charge in [0.25, 0.3) is 5.92 Å². The number of pyridine rings is 2. The molecule has 2 atom stereocenters. The zero-order valence-electron chi connectivity index (χ0n) is 25.4. The van der Waals surface area contributed by atoms with E-state index in [1.807, 2.05) is 24.0 Å². The van der Waals surface area contributed by atoms with Gasteiger partial charge in [0.1, 0.15) is 5.82 Å². The quantitative estimate of drug-likeness (QED) is 0.196. The molecule has 14 heteroatoms. The Morgan fingerprint density at radius 1 is 0.822 bits per heavy atom. The second-order valence-corrected chi connectivity index (χ2v) is 10.9. The van der Waals surface area contributed by atoms with Gasteiger partial charge in [0.15, 0.2) is 0 Å². The van der Waals surface area contributed by atoms with Crippen molar-refractivity contribution in [2.45, 2.75) is 46.7 Å². The molecule has 1 saturated carbocycles. The van der Waals surface area contributed by atoms with Crippen LogP contribution in [0.1, 0.15) is 57.1 Å². The summed E-state index contributed by atoms with van der Waals surface area (Å²) in [6.07, 6.45) is 6.16. The summed E-state index contributed by atoms with van der Waals surface area (Å²) in [5.74, 6) is -4.08. The van der Waals surface area contributed by atoms with E-state index >= 15 is 0 Å². The Balaban J connectivity index is 0.000000187. The number of anilines is 1. The number of halogens is 3. The number of piperidine rings is 1. The highest BCUT2D eigenvalue weighted by Gasteiger charge is 2.71. The number of carbonyl (C=O) groups is 2. The first-order valence-electron chi connectivity index (χ1n) is 14.6. The Morgan fingerprint density at radius 2 is 1.31 bits per heavy atom. The van der Waals surface area contributed by atoms with E-state index in [0.717, 1.165) is 22.6 Å². The number of rotatable bonds is 9. The Bertz CT molecular complexity index is 1680. The molecule has 2 aliphatic rings. The second kappa shape index (κ2) is 13.1. The maximum absolute atomic E-state index is 13.3. The fourth-order valence-electron chi connectivity index (χ4n) is 5.23. The molecule has 1 aliphatic carbocycles. The Labute approximate surface area is 258 Å². The van der Waals surface area contributed by atoms with Crippen molar-refractivity contribution in [2.24, 2.45) is 11.8 Å². The number of hydrogen-bond donors (Lipinski definition) is 0. The van der Waals surface area contributed by atoms with E-state index in [1.54, 1.807) is 48.6 Å². The SMILES string of the molecule is CCOC(=O)c1cnn(Cc2ccc(F)nc2C)c1.CCOC(=O)c1cnn(Cc2ccc(N3CC4C(C3)C4(F)F)nc2C)c1. The molecule has 45 heavy (non-hydrogen) atoms. The molecule has 6 rings (SSSR count). The topological polar surface area (TPSA) is 117 Å². The van der Waals surface area contributed by atoms with E-state index in [1.165, 1.54) is 18.5 Å². The van der Waals surface area contributed by atoms with Crippen LogP contribution in [0.15, 0.2) is 49.1 Å². The average Bonchev–Trinajstić information content (AvgIpc) is 3.60. The lowest BCUT2D eigenvalue weighted by molar-refractivity contribution is 0.0516. The summed E-state index contributed by atoms with van der Waals surface area (Å²) in [4.78, 5) is 33.4. The Hall–Kier alpha value is -4.75. The van der Waals surface area contributed by atoms with Gasteiger partial charge < -0.3 is 14.4 Å². The number of aryl methyl sites for hydroxylation is 2. The van der Waals surface area contributed by atoms with Gasteiger partial charge in [-0.15, -0.1) is 0 Å². The van der Waals surface area contributed by atoms with E-state index in [0.29, 0.717) is 56.2 Å². The molecule has 11 nitrogen and oxygen atoms in total. The number of hydrogen-bond acceptors (Lipinski definition) is 9. The van der Waals surface area contributed by atoms with Crippen LogP contribution in [0.2, 0.25) is 0 Å². The number of ether oxygens (including phenoxy) is 2. The van der Waals surface area contributed by atoms with Gasteiger partial charge in [-0.05, 0) is 51.0 Å². The predicted octanol–water partition coefficient (Wildman–Crippen LogP) is 4.46. The lowest BCUT2D eigenvalue weighted by atomic mass is 10.2. The first-order valence-corrected chi connectivity index (χ1v) is 14.6. The highest BCUT2D eigenvalue weighted by Crippen LogP contribution is 2.59. The first kappa shape index (κ1) is 31.7. The van der Waals surface area contributed by atoms with Crippen molar-refractivity contribution in [3.05, 3.63) is 88.6 Å². The van der Waals surface area contributed by atoms with Crippen LogP contribution in [-0.4, -0.2) is 73.7 Å². The number of esters is 2. The highest BCUT2D eigenvalue weighted by atomic mass is 19.3. The van der Waals surface area contributed by atoms with E-state index in [4.69, 9.17) is 9.47 Å². The number of alkyl halides is 2. The van der Waals surface area contributed by atoms with Gasteiger partial charge in [0, 0.05) is 36.9 Å². The predicted molar refractivity (Wildman–Crippen MR) is 157 cm³/mol. The molecule has 0 bridgehead atoms. The van der Waals surface area contributed by atoms with E-state index in [9.17, 15) is 22.8 Å². The van der Waals surface area contributed by atoms with Crippen molar-refractivity contribution in [1.82, 2.24) is 29.5 Å². The van der Waals surface area contributed by atoms with Crippen LogP contribution in [0.4, 0.5) is 19.0 Å². The third-order valence-electron chi connectivity index (χ3n) is 7.82. The maximum atomic E-state index is 13.3. The number of carbonyl (C=O) groups excluding carboxylic acids is 2. The second-order valence-electron chi connectivity index (χ2n) is 10.9. The summed E-state index contributed by atoms with van der Waals surface area (Å²) < 4.78 is 52.6. The van der Waals surface area contributed by atoms with Crippen LogP contribution in [0.25, 0.3) is 0 Å². The van der Waals surface area contributed by atoms with Crippen LogP contribution < -0.4 is 4.90 Å². The number of fused-ring (bicyclic) bond motifs is 1. The van der Waals surface area contributed by atoms with Crippen LogP contribution in [0.5, 0.6) is 0 Å². The van der Waals surface area contributed by atoms with Gasteiger partial charge in [-0.25, -0.2) is 28.3 Å². The minimum absolute atomic E-state index is 0.318. The summed E-state index contributed by atoms with van der Waals surface area (Å²) >= 11 is 0. The summed E-state index contributed by atoms with van der Waals surface area (Å²) in [6, 6.07) is 6.76. The molecule has 1 aliphatic heterocycles. The number of aromatic nitrogens is 6. The van der Waals surface area contributed by atoms with Gasteiger partial charge in [0.05, 0.1) is 61.7 Å². The van der Waals surface area contributed by atoms with Gasteiger partial charge in [-0.3, -0.25) is 9.36 Å². The Kier molecular flexibility index (Phi) is 9.21. The third kappa shape index (κ3) is 7.15. The smallest absolute Gasteiger partial charge is 0.341 e. The summed E-state index contributed by atoms with van der Waals surface area (Å²) in [6.45, 7) is 9.40. The van der Waals surface area contributed by atoms with Gasteiger partial charge in [0.2, 0.25) is 5.95 Å². The minimum atomic E-state index is -2.48. The fraction of sp³-hybridized carbons (Fsp3) is 0.419. The van der Waals surface area contributed by atoms with E-state index < -0.39 is 35.6 Å². The molecule has 2 fully saturated rings. The molecule has 0 aromatic carbocycles. The van der Waals surface area contributed by atoms with Crippen molar-refractivity contribution < 1.29 is 32.2 Å². The van der Waals surface area contributed by atoms with E-state index in [-0.39, 0.29) is 0 Å². The largest absolute Gasteiger partial charge is 0.462 e. The van der Waals surface area contributed by atoms with Crippen molar-refractivity contribution in [3.8, 4) is 0 Å². The van der Waals surface area contributed by atoms with Crippen molar-refractivity contribution in [1.29, 1.82) is 0 Å². The molecule has 2 unspecified atom stereocenters. The minimum Gasteiger partial charge on any atom is -0.462 e. The summed E-state index contributed by atoms with van der Waals surface area (Å²) in [7, 11) is 0. The molecular weight excluding hydrogens is 591 g/mol. The molecule has 238 valence electrons. The molecule has 4 aromatic rings. The molecule has 1 saturated heterocycles. The lowest BCUT2D eigenvalue weighted by Crippen LogP contribution is -2.28. The summed E-state index contributed by atoms with van der Waals surface area (Å²) in [5, 5.41) is 8.25. The molecule has 0 amide bonds. The van der Waals surface area contributed by atoms with Crippen molar-refractivity contribution in [2.75, 3.05) is 31.2 Å². The molecule has 4 aromatic heterocycles. The normalized spacial score (nSPS) is 17.7. The fourth-order valence-corrected chi connectivity index (χ4v) is 5.23. The van der Waals surface area contributed by atoms with Crippen LogP contribution in [-0.2, 0) is 22.6 Å². The van der Waals surface area contributed by atoms with Crippen molar-refractivity contribution in [3.63, 3.8) is 0 Å². The molecular formula is C31H34F3N7O4. The van der Waals surface area contributed by atoms with Gasteiger partial charge in [-0.1, -0.05) is 12.1 Å². The highest BCUT2D eigenvalue weighted by molar-refractivity contribution is 5.89. The van der Waals surface area contributed by atoms with Crippen LogP contribution in [0.3, 0.4) is 0 Å². The summed E-state index contributed by atoms with van der Waals surface area (Å²) in [5.41, 5.74) is 4.04. The monoisotopic (exact) mass is 625 g/mol. The van der Waals surface area contributed by atoms with Gasteiger partial charge >= 0.3 is 11.9 Å². The molecule has 5 heterocycles. The lowest BCUT2D eigenvalue weighted by Gasteiger charge is -2.21. The standard InChI is InChI=1S/C18H20F2N4O2.C13H14FN3O2/c1-3-26-17(25)13-6-21-24(8-13)7-12-4-5-16(22-11(12)2)23-9-14-15(10-23)18(14,19)20;1-3-19-13(18)11-6-15-17(8-11)7-10-4-5-12(14)16-9(10)2/h4-6,8,14-15H,3,7,9-10H2,1-2H3;4-6,8H,3,7H2,1-2H3. The zero-order chi connectivity index (χ0) is 32.3. The van der Waals surface area contributed by atoms with Crippen molar-refractivity contribution >= 4 is 17.8 Å². The maximum Gasteiger partial charge on any atom is 0.341 e. The third-order valence-corrected chi connectivity index (χ3v) is 7.82. The zero-order valence-corrected chi connectivity index (χ0v) is 25.4. The molecule has 0 N–H and O–H groups in total. The number of nitrogens with zero attached hydrogens (tertiary/aromatic N) is 7.